The Labute approximate surface area is 126 Å². The lowest BCUT2D eigenvalue weighted by Crippen LogP contribution is -2.63. The number of carbonyl (C=O) groups is 1. The van der Waals surface area contributed by atoms with E-state index in [1.165, 1.54) is 0 Å². The van der Waals surface area contributed by atoms with Crippen LogP contribution in [0.5, 0.6) is 0 Å². The Morgan fingerprint density at radius 1 is 1.38 bits per heavy atom. The summed E-state index contributed by atoms with van der Waals surface area (Å²) >= 11 is 0. The topological polar surface area (TPSA) is 61.8 Å². The number of aliphatic hydroxyl groups is 1. The normalized spacial score (nSPS) is 31.4. The summed E-state index contributed by atoms with van der Waals surface area (Å²) in [6.07, 6.45) is 8.45. The molecule has 118 valence electrons. The highest BCUT2D eigenvalue weighted by Gasteiger charge is 2.56. The maximum atomic E-state index is 12.3. The zero-order valence-electron chi connectivity index (χ0n) is 12.8. The van der Waals surface area contributed by atoms with E-state index >= 15 is 0 Å². The number of urea groups is 1. The van der Waals surface area contributed by atoms with E-state index in [9.17, 15) is 9.90 Å². The number of rotatable bonds is 3. The fourth-order valence-corrected chi connectivity index (χ4v) is 3.94. The molecule has 5 heteroatoms. The lowest BCUT2D eigenvalue weighted by atomic mass is 9.58. The average Bonchev–Trinajstić information content (AvgIpc) is 3.00. The Balaban J connectivity index is 1.51. The molecule has 2 aliphatic carbocycles. The fourth-order valence-electron chi connectivity index (χ4n) is 3.94. The summed E-state index contributed by atoms with van der Waals surface area (Å²) in [4.78, 5) is 14.1. The van der Waals surface area contributed by atoms with Crippen LogP contribution in [0, 0.1) is 5.41 Å². The molecule has 1 spiro atoms. The van der Waals surface area contributed by atoms with Crippen molar-refractivity contribution in [1.82, 2.24) is 10.2 Å². The van der Waals surface area contributed by atoms with Crippen LogP contribution >= 0.6 is 0 Å². The van der Waals surface area contributed by atoms with Gasteiger partial charge in [-0.25, -0.2) is 4.79 Å². The molecule has 1 saturated carbocycles. The van der Waals surface area contributed by atoms with Gasteiger partial charge in [0.25, 0.3) is 0 Å². The highest BCUT2D eigenvalue weighted by molar-refractivity contribution is 5.74. The first-order valence-corrected chi connectivity index (χ1v) is 8.16. The van der Waals surface area contributed by atoms with Gasteiger partial charge in [-0.3, -0.25) is 0 Å². The number of nitrogens with one attached hydrogen (secondary N) is 1. The number of hydrogen-bond acceptors (Lipinski definition) is 3. The molecule has 3 rings (SSSR count). The second-order valence-electron chi connectivity index (χ2n) is 6.50. The van der Waals surface area contributed by atoms with Crippen LogP contribution in [0.25, 0.3) is 0 Å². The van der Waals surface area contributed by atoms with Crippen molar-refractivity contribution in [2.45, 2.75) is 57.3 Å². The third kappa shape index (κ3) is 2.69. The van der Waals surface area contributed by atoms with Gasteiger partial charge in [-0.15, -0.1) is 0 Å². The van der Waals surface area contributed by atoms with Gasteiger partial charge in [0.15, 0.2) is 0 Å². The molecule has 1 saturated heterocycles. The van der Waals surface area contributed by atoms with Crippen molar-refractivity contribution in [1.29, 1.82) is 0 Å². The van der Waals surface area contributed by atoms with E-state index in [0.717, 1.165) is 32.1 Å². The Bertz CT molecular complexity index is 406. The van der Waals surface area contributed by atoms with E-state index in [1.54, 1.807) is 0 Å². The van der Waals surface area contributed by atoms with Crippen LogP contribution in [0.1, 0.15) is 39.0 Å². The Kier molecular flexibility index (Phi) is 4.22. The van der Waals surface area contributed by atoms with Gasteiger partial charge in [0.2, 0.25) is 0 Å². The number of nitrogens with zero attached hydrogens (tertiary/aromatic N) is 1. The first-order chi connectivity index (χ1) is 10.2. The fraction of sp³-hybridized carbons (Fsp3) is 0.812. The van der Waals surface area contributed by atoms with Gasteiger partial charge >= 0.3 is 6.03 Å². The third-order valence-corrected chi connectivity index (χ3v) is 5.43. The molecule has 0 radical (unpaired) electrons. The van der Waals surface area contributed by atoms with E-state index < -0.39 is 0 Å². The number of amides is 2. The summed E-state index contributed by atoms with van der Waals surface area (Å²) in [5, 5.41) is 13.3. The smallest absolute Gasteiger partial charge is 0.317 e. The van der Waals surface area contributed by atoms with Crippen LogP contribution in [-0.4, -0.2) is 54.0 Å². The van der Waals surface area contributed by atoms with Gasteiger partial charge in [-0.1, -0.05) is 12.2 Å². The summed E-state index contributed by atoms with van der Waals surface area (Å²) < 4.78 is 5.76. The molecule has 0 aromatic rings. The van der Waals surface area contributed by atoms with E-state index in [0.29, 0.717) is 19.7 Å². The second kappa shape index (κ2) is 5.97. The third-order valence-electron chi connectivity index (χ3n) is 5.43. The Morgan fingerprint density at radius 3 is 2.62 bits per heavy atom. The van der Waals surface area contributed by atoms with Gasteiger partial charge < -0.3 is 20.1 Å². The van der Waals surface area contributed by atoms with Crippen molar-refractivity contribution >= 4 is 6.03 Å². The highest BCUT2D eigenvalue weighted by atomic mass is 16.5. The van der Waals surface area contributed by atoms with Crippen LogP contribution in [0.3, 0.4) is 0 Å². The molecular weight excluding hydrogens is 268 g/mol. The molecule has 0 bridgehead atoms. The van der Waals surface area contributed by atoms with Gasteiger partial charge in [-0.2, -0.15) is 0 Å². The Hall–Kier alpha value is -1.07. The van der Waals surface area contributed by atoms with Gasteiger partial charge in [0.1, 0.15) is 0 Å². The number of hydrogen-bond donors (Lipinski definition) is 2. The molecule has 0 unspecified atom stereocenters. The van der Waals surface area contributed by atoms with Crippen LogP contribution in [0.4, 0.5) is 4.79 Å². The van der Waals surface area contributed by atoms with Crippen molar-refractivity contribution < 1.29 is 14.6 Å². The largest absolute Gasteiger partial charge is 0.392 e. The molecule has 2 fully saturated rings. The van der Waals surface area contributed by atoms with Gasteiger partial charge in [-0.05, 0) is 32.6 Å². The number of likely N-dealkylation sites (tertiary alicyclic amines) is 1. The maximum Gasteiger partial charge on any atom is 0.317 e. The Morgan fingerprint density at radius 2 is 2.05 bits per heavy atom. The van der Waals surface area contributed by atoms with Crippen molar-refractivity contribution in [3.63, 3.8) is 0 Å². The van der Waals surface area contributed by atoms with Crippen LogP contribution in [0.15, 0.2) is 12.2 Å². The van der Waals surface area contributed by atoms with Crippen LogP contribution < -0.4 is 5.32 Å². The predicted octanol–water partition coefficient (Wildman–Crippen LogP) is 1.67. The standard InChI is InChI=1S/C16H26N2O3/c1-2-21-14-11-13(19)16(14)7-9-18(10-8-16)15(20)17-12-5-3-4-6-12/h3-4,12-14,19H,2,5-11H2,1H3,(H,17,20)/t13-,14+/m1/s1. The first kappa shape index (κ1) is 14.9. The summed E-state index contributed by atoms with van der Waals surface area (Å²) in [5.74, 6) is 0. The quantitative estimate of drug-likeness (QED) is 0.778. The van der Waals surface area contributed by atoms with Crippen molar-refractivity contribution in [2.24, 2.45) is 5.41 Å². The minimum absolute atomic E-state index is 0.0420. The van der Waals surface area contributed by atoms with Gasteiger partial charge in [0, 0.05) is 37.6 Å². The molecule has 0 aromatic carbocycles. The molecular formula is C16H26N2O3. The molecule has 1 aliphatic heterocycles. The first-order valence-electron chi connectivity index (χ1n) is 8.16. The van der Waals surface area contributed by atoms with E-state index in [1.807, 2.05) is 11.8 Å². The molecule has 2 amide bonds. The number of aliphatic hydroxyl groups excluding tert-OH is 1. The van der Waals surface area contributed by atoms with E-state index in [-0.39, 0.29) is 29.7 Å². The predicted molar refractivity (Wildman–Crippen MR) is 80.0 cm³/mol. The number of piperidine rings is 1. The van der Waals surface area contributed by atoms with Crippen molar-refractivity contribution in [3.8, 4) is 0 Å². The van der Waals surface area contributed by atoms with E-state index in [2.05, 4.69) is 17.5 Å². The molecule has 0 aromatic heterocycles. The highest BCUT2D eigenvalue weighted by Crippen LogP contribution is 2.50. The van der Waals surface area contributed by atoms with Crippen LogP contribution in [-0.2, 0) is 4.74 Å². The summed E-state index contributed by atoms with van der Waals surface area (Å²) in [6, 6.07) is 0.305. The summed E-state index contributed by atoms with van der Waals surface area (Å²) in [5.41, 5.74) is -0.109. The SMILES string of the molecule is CCO[C@H]1C[C@@H](O)C12CCN(C(=O)NC1CC=CC1)CC2. The summed E-state index contributed by atoms with van der Waals surface area (Å²) in [6.45, 7) is 4.12. The monoisotopic (exact) mass is 294 g/mol. The molecule has 3 aliphatic rings. The van der Waals surface area contributed by atoms with Gasteiger partial charge in [0.05, 0.1) is 12.2 Å². The van der Waals surface area contributed by atoms with Crippen molar-refractivity contribution in [3.05, 3.63) is 12.2 Å². The summed E-state index contributed by atoms with van der Waals surface area (Å²) in [7, 11) is 0. The lowest BCUT2D eigenvalue weighted by Gasteiger charge is -2.56. The minimum atomic E-state index is -0.265. The molecule has 2 atom stereocenters. The number of carbonyl (C=O) groups excluding carboxylic acids is 1. The minimum Gasteiger partial charge on any atom is -0.392 e. The van der Waals surface area contributed by atoms with Crippen molar-refractivity contribution in [2.75, 3.05) is 19.7 Å². The number of ether oxygens (including phenoxy) is 1. The second-order valence-corrected chi connectivity index (χ2v) is 6.50. The zero-order chi connectivity index (χ0) is 14.9. The maximum absolute atomic E-state index is 12.3. The molecule has 5 nitrogen and oxygen atoms in total. The van der Waals surface area contributed by atoms with Crippen LogP contribution in [0.2, 0.25) is 0 Å². The lowest BCUT2D eigenvalue weighted by molar-refractivity contribution is -0.207. The average molecular weight is 294 g/mol. The molecule has 1 heterocycles. The molecule has 2 N–H and O–H groups in total. The zero-order valence-corrected chi connectivity index (χ0v) is 12.8. The molecule has 21 heavy (non-hydrogen) atoms. The van der Waals surface area contributed by atoms with E-state index in [4.69, 9.17) is 4.74 Å².